The van der Waals surface area contributed by atoms with E-state index < -0.39 is 5.92 Å². The number of amides is 1. The summed E-state index contributed by atoms with van der Waals surface area (Å²) in [6, 6.07) is 15.3. The van der Waals surface area contributed by atoms with E-state index in [-0.39, 0.29) is 5.91 Å². The third-order valence-corrected chi connectivity index (χ3v) is 5.10. The number of nitrogens with zero attached hydrogens (tertiary/aromatic N) is 4. The van der Waals surface area contributed by atoms with Crippen LogP contribution in [0.15, 0.2) is 79.5 Å². The van der Waals surface area contributed by atoms with Crippen LogP contribution < -0.4 is 10.1 Å². The van der Waals surface area contributed by atoms with Crippen molar-refractivity contribution in [3.8, 4) is 23.0 Å². The minimum absolute atomic E-state index is 0.0561. The van der Waals surface area contributed by atoms with Gasteiger partial charge >= 0.3 is 0 Å². The molecule has 0 fully saturated rings. The molecule has 0 unspecified atom stereocenters. The number of imidazole rings is 1. The third-order valence-electron chi connectivity index (χ3n) is 5.10. The van der Waals surface area contributed by atoms with Gasteiger partial charge in [-0.05, 0) is 12.1 Å². The van der Waals surface area contributed by atoms with Gasteiger partial charge in [0.1, 0.15) is 17.2 Å². The van der Waals surface area contributed by atoms with Gasteiger partial charge < -0.3 is 14.6 Å². The highest BCUT2D eigenvalue weighted by Gasteiger charge is 2.32. The molecule has 2 aromatic carbocycles. The summed E-state index contributed by atoms with van der Waals surface area (Å²) in [6.45, 7) is 1.04. The van der Waals surface area contributed by atoms with Crippen LogP contribution in [-0.2, 0) is 11.3 Å². The molecule has 0 saturated heterocycles. The maximum atomic E-state index is 13.2. The molecule has 3 heterocycles. The van der Waals surface area contributed by atoms with Crippen molar-refractivity contribution in [2.24, 2.45) is 0 Å². The van der Waals surface area contributed by atoms with E-state index in [4.69, 9.17) is 4.74 Å². The molecule has 0 radical (unpaired) electrons. The lowest BCUT2D eigenvalue weighted by atomic mass is 9.87. The monoisotopic (exact) mass is 397 g/mol. The first kappa shape index (κ1) is 18.1. The summed E-state index contributed by atoms with van der Waals surface area (Å²) in [5, 5.41) is 3.07. The lowest BCUT2D eigenvalue weighted by Gasteiger charge is -2.27. The van der Waals surface area contributed by atoms with Gasteiger partial charge in [-0.1, -0.05) is 36.4 Å². The van der Waals surface area contributed by atoms with E-state index in [9.17, 15) is 4.79 Å². The predicted octanol–water partition coefficient (Wildman–Crippen LogP) is 3.39. The number of rotatable bonds is 5. The second kappa shape index (κ2) is 7.79. The van der Waals surface area contributed by atoms with Gasteiger partial charge in [0.25, 0.3) is 0 Å². The molecule has 0 bridgehead atoms. The smallest absolute Gasteiger partial charge is 0.232 e. The predicted molar refractivity (Wildman–Crippen MR) is 111 cm³/mol. The molecule has 30 heavy (non-hydrogen) atoms. The van der Waals surface area contributed by atoms with E-state index >= 15 is 0 Å². The highest BCUT2D eigenvalue weighted by atomic mass is 16.5. The number of carbonyl (C=O) groups is 1. The maximum absolute atomic E-state index is 13.2. The molecule has 148 valence electrons. The zero-order valence-corrected chi connectivity index (χ0v) is 16.1. The molecule has 0 spiro atoms. The number of hydrogen-bond acceptors (Lipinski definition) is 5. The van der Waals surface area contributed by atoms with Crippen LogP contribution in [0.5, 0.6) is 11.5 Å². The molecule has 1 aliphatic rings. The summed E-state index contributed by atoms with van der Waals surface area (Å²) in [5.41, 5.74) is 2.44. The van der Waals surface area contributed by atoms with E-state index in [0.717, 1.165) is 28.5 Å². The molecular weight excluding hydrogens is 378 g/mol. The van der Waals surface area contributed by atoms with Crippen molar-refractivity contribution in [1.82, 2.24) is 24.8 Å². The number of benzene rings is 2. The zero-order valence-electron chi connectivity index (χ0n) is 16.1. The number of nitrogens with one attached hydrogen (secondary N) is 1. The Kier molecular flexibility index (Phi) is 4.69. The van der Waals surface area contributed by atoms with Crippen molar-refractivity contribution in [2.75, 3.05) is 6.54 Å². The zero-order chi connectivity index (χ0) is 20.3. The van der Waals surface area contributed by atoms with Gasteiger partial charge in [0.05, 0.1) is 12.1 Å². The van der Waals surface area contributed by atoms with Gasteiger partial charge in [-0.3, -0.25) is 9.78 Å². The van der Waals surface area contributed by atoms with Gasteiger partial charge in [0.15, 0.2) is 5.82 Å². The largest absolute Gasteiger partial charge is 0.457 e. The number of hydrogen-bond donors (Lipinski definition) is 1. The van der Waals surface area contributed by atoms with Crippen molar-refractivity contribution in [2.45, 2.75) is 12.5 Å². The van der Waals surface area contributed by atoms with E-state index in [1.54, 1.807) is 24.8 Å². The van der Waals surface area contributed by atoms with Crippen LogP contribution in [0.2, 0.25) is 0 Å². The van der Waals surface area contributed by atoms with Crippen molar-refractivity contribution in [3.05, 3.63) is 90.6 Å². The first-order valence-corrected chi connectivity index (χ1v) is 9.72. The molecular formula is C23H19N5O2. The molecule has 1 amide bonds. The van der Waals surface area contributed by atoms with E-state index in [0.29, 0.717) is 18.8 Å². The quantitative estimate of drug-likeness (QED) is 0.558. The van der Waals surface area contributed by atoms with Crippen LogP contribution in [0.3, 0.4) is 0 Å². The Morgan fingerprint density at radius 3 is 2.40 bits per heavy atom. The highest BCUT2D eigenvalue weighted by Crippen LogP contribution is 2.43. The fraction of sp³-hybridized carbons (Fsp3) is 0.130. The van der Waals surface area contributed by atoms with Crippen LogP contribution in [0.25, 0.3) is 11.5 Å². The fourth-order valence-corrected chi connectivity index (χ4v) is 3.73. The SMILES string of the molecule is O=C(NCCn1ccnc1-c1cnccn1)C1c2ccccc2Oc2ccccc21. The summed E-state index contributed by atoms with van der Waals surface area (Å²) < 4.78 is 7.94. The third kappa shape index (κ3) is 3.30. The summed E-state index contributed by atoms with van der Waals surface area (Å²) in [4.78, 5) is 26.0. The van der Waals surface area contributed by atoms with E-state index in [1.165, 1.54) is 0 Å². The Morgan fingerprint density at radius 2 is 1.70 bits per heavy atom. The molecule has 1 aliphatic heterocycles. The van der Waals surface area contributed by atoms with Crippen LogP contribution in [-0.4, -0.2) is 32.0 Å². The Labute approximate surface area is 173 Å². The summed E-state index contributed by atoms with van der Waals surface area (Å²) in [7, 11) is 0. The standard InChI is InChI=1S/C23H19N5O2/c29-23(27-12-14-28-13-11-26-22(28)18-15-24-9-10-25-18)21-16-5-1-3-7-19(16)30-20-8-4-2-6-17(20)21/h1-11,13,15,21H,12,14H2,(H,27,29). The first-order chi connectivity index (χ1) is 14.8. The molecule has 0 atom stereocenters. The second-order valence-corrected chi connectivity index (χ2v) is 6.94. The number of para-hydroxylation sites is 2. The van der Waals surface area contributed by atoms with Crippen LogP contribution in [0, 0.1) is 0 Å². The van der Waals surface area contributed by atoms with Crippen molar-refractivity contribution in [3.63, 3.8) is 0 Å². The molecule has 7 heteroatoms. The summed E-state index contributed by atoms with van der Waals surface area (Å²) >= 11 is 0. The average molecular weight is 397 g/mol. The van der Waals surface area contributed by atoms with Crippen molar-refractivity contribution in [1.29, 1.82) is 0 Å². The van der Waals surface area contributed by atoms with Crippen molar-refractivity contribution >= 4 is 5.91 Å². The van der Waals surface area contributed by atoms with Gasteiger partial charge in [-0.15, -0.1) is 0 Å². The lowest BCUT2D eigenvalue weighted by Crippen LogP contribution is -2.33. The Bertz CT molecular complexity index is 1140. The molecule has 0 saturated carbocycles. The van der Waals surface area contributed by atoms with E-state index in [1.807, 2.05) is 59.3 Å². The maximum Gasteiger partial charge on any atom is 0.232 e. The average Bonchev–Trinajstić information content (AvgIpc) is 3.26. The summed E-state index contributed by atoms with van der Waals surface area (Å²) in [5.74, 6) is 1.69. The molecule has 2 aromatic heterocycles. The fourth-order valence-electron chi connectivity index (χ4n) is 3.73. The van der Waals surface area contributed by atoms with Gasteiger partial charge in [-0.25, -0.2) is 9.97 Å². The minimum atomic E-state index is -0.409. The number of aromatic nitrogens is 4. The Morgan fingerprint density at radius 1 is 0.967 bits per heavy atom. The highest BCUT2D eigenvalue weighted by molar-refractivity contribution is 5.89. The van der Waals surface area contributed by atoms with E-state index in [2.05, 4.69) is 20.3 Å². The number of ether oxygens (including phenoxy) is 1. The Hall–Kier alpha value is -4.00. The minimum Gasteiger partial charge on any atom is -0.457 e. The molecule has 0 aliphatic carbocycles. The van der Waals surface area contributed by atoms with Crippen molar-refractivity contribution < 1.29 is 9.53 Å². The first-order valence-electron chi connectivity index (χ1n) is 9.72. The number of fused-ring (bicyclic) bond motifs is 2. The summed E-state index contributed by atoms with van der Waals surface area (Å²) in [6.07, 6.45) is 8.52. The van der Waals surface area contributed by atoms with Gasteiger partial charge in [0.2, 0.25) is 5.91 Å². The molecule has 1 N–H and O–H groups in total. The molecule has 7 nitrogen and oxygen atoms in total. The Balaban J connectivity index is 1.34. The second-order valence-electron chi connectivity index (χ2n) is 6.94. The van der Waals surface area contributed by atoms with Gasteiger partial charge in [0, 0.05) is 49.0 Å². The van der Waals surface area contributed by atoms with Crippen LogP contribution in [0.1, 0.15) is 17.0 Å². The molecule has 4 aromatic rings. The number of carbonyl (C=O) groups excluding carboxylic acids is 1. The van der Waals surface area contributed by atoms with Crippen LogP contribution in [0.4, 0.5) is 0 Å². The van der Waals surface area contributed by atoms with Gasteiger partial charge in [-0.2, -0.15) is 0 Å². The topological polar surface area (TPSA) is 81.9 Å². The lowest BCUT2D eigenvalue weighted by molar-refractivity contribution is -0.121. The molecule has 5 rings (SSSR count). The normalized spacial score (nSPS) is 12.5. The van der Waals surface area contributed by atoms with Crippen LogP contribution >= 0.6 is 0 Å².